The zero-order valence-electron chi connectivity index (χ0n) is 33.2. The van der Waals surface area contributed by atoms with E-state index in [0.717, 1.165) is 74.2 Å². The van der Waals surface area contributed by atoms with Gasteiger partial charge in [0.05, 0.1) is 39.0 Å². The van der Waals surface area contributed by atoms with Crippen LogP contribution < -0.4 is 30.7 Å². The topological polar surface area (TPSA) is 160 Å². The first-order valence-corrected chi connectivity index (χ1v) is 21.5. The summed E-state index contributed by atoms with van der Waals surface area (Å²) in [5, 5.41) is 13.4. The number of benzene rings is 4. The van der Waals surface area contributed by atoms with Gasteiger partial charge in [0.15, 0.2) is 0 Å². The number of ether oxygens (including phenoxy) is 3. The Hall–Kier alpha value is -4.85. The molecule has 5 heterocycles. The van der Waals surface area contributed by atoms with Gasteiger partial charge in [0.1, 0.15) is 11.5 Å². The van der Waals surface area contributed by atoms with Crippen molar-refractivity contribution in [2.75, 3.05) is 68.6 Å². The lowest BCUT2D eigenvalue weighted by atomic mass is 10.0. The van der Waals surface area contributed by atoms with E-state index in [1.807, 2.05) is 36.4 Å². The molecule has 0 aliphatic carbocycles. The number of hydrogen-bond acceptors (Lipinski definition) is 9. The van der Waals surface area contributed by atoms with E-state index in [1.165, 1.54) is 30.6 Å². The highest BCUT2D eigenvalue weighted by Crippen LogP contribution is 2.30. The summed E-state index contributed by atoms with van der Waals surface area (Å²) in [6.45, 7) is 6.70. The van der Waals surface area contributed by atoms with E-state index < -0.39 is 0 Å². The van der Waals surface area contributed by atoms with Crippen molar-refractivity contribution in [1.29, 1.82) is 0 Å². The molecule has 62 heavy (non-hydrogen) atoms. The second-order valence-corrected chi connectivity index (χ2v) is 16.5. The molecule has 5 aliphatic heterocycles. The van der Waals surface area contributed by atoms with Crippen molar-refractivity contribution in [3.8, 4) is 11.5 Å². The lowest BCUT2D eigenvalue weighted by Gasteiger charge is -2.38. The SMILES string of the molecule is C.C1CCOC1.O=C1CCc2cc(OCC3CN(C(=O)Nc4ccc(Cl)c(Cl)c4)C3)ccc2N1.O=C1CCc2cc(OCC3CNC3)ccc2N1.O=C=Nc1ccc(Cl)c(Cl)c1. The highest BCUT2D eigenvalue weighted by molar-refractivity contribution is 6.42. The van der Waals surface area contributed by atoms with Crippen LogP contribution in [0.2, 0.25) is 20.1 Å². The number of isocyanates is 1. The Balaban J connectivity index is 0.000000180. The van der Waals surface area contributed by atoms with Gasteiger partial charge in [-0.25, -0.2) is 9.59 Å². The number of nitrogens with zero attached hydrogens (tertiary/aromatic N) is 2. The quantitative estimate of drug-likeness (QED) is 0.100. The minimum absolute atomic E-state index is 0. The molecular formula is C45H50Cl4N6O7. The summed E-state index contributed by atoms with van der Waals surface area (Å²) >= 11 is 23.1. The van der Waals surface area contributed by atoms with Gasteiger partial charge in [-0.05, 0) is 110 Å². The maximum atomic E-state index is 12.3. The van der Waals surface area contributed by atoms with Gasteiger partial charge in [-0.2, -0.15) is 4.99 Å². The molecular weight excluding hydrogens is 878 g/mol. The van der Waals surface area contributed by atoms with E-state index in [4.69, 9.17) is 60.6 Å². The van der Waals surface area contributed by atoms with Crippen molar-refractivity contribution >= 4 is 93.1 Å². The monoisotopic (exact) mass is 926 g/mol. The number of rotatable bonds is 8. The van der Waals surface area contributed by atoms with Crippen molar-refractivity contribution in [1.82, 2.24) is 10.2 Å². The van der Waals surface area contributed by atoms with Gasteiger partial charge in [-0.1, -0.05) is 53.8 Å². The van der Waals surface area contributed by atoms with E-state index in [-0.39, 0.29) is 31.2 Å². The third-order valence-electron chi connectivity index (χ3n) is 10.1. The lowest BCUT2D eigenvalue weighted by molar-refractivity contribution is -0.117. The number of anilines is 3. The molecule has 0 aromatic heterocycles. The summed E-state index contributed by atoms with van der Waals surface area (Å²) in [5.74, 6) is 2.78. The smallest absolute Gasteiger partial charge is 0.321 e. The van der Waals surface area contributed by atoms with Gasteiger partial charge >= 0.3 is 6.03 Å². The third-order valence-corrected chi connectivity index (χ3v) is 11.6. The Labute approximate surface area is 381 Å². The number of fused-ring (bicyclic) bond motifs is 2. The van der Waals surface area contributed by atoms with E-state index in [0.29, 0.717) is 69.9 Å². The van der Waals surface area contributed by atoms with Gasteiger partial charge in [0.2, 0.25) is 17.9 Å². The molecule has 4 aromatic carbocycles. The molecule has 3 saturated heterocycles. The van der Waals surface area contributed by atoms with Crippen LogP contribution in [0.3, 0.4) is 0 Å². The molecule has 330 valence electrons. The maximum absolute atomic E-state index is 12.3. The molecule has 4 amide bonds. The molecule has 0 radical (unpaired) electrons. The fourth-order valence-electron chi connectivity index (χ4n) is 6.53. The minimum atomic E-state index is -0.167. The van der Waals surface area contributed by atoms with Gasteiger partial charge in [-0.15, -0.1) is 0 Å². The fraction of sp³-hybridized carbons (Fsp3) is 0.378. The molecule has 0 saturated carbocycles. The molecule has 3 fully saturated rings. The number of aliphatic imine (C=N–C) groups is 1. The van der Waals surface area contributed by atoms with Crippen molar-refractivity contribution in [3.05, 3.63) is 104 Å². The highest BCUT2D eigenvalue weighted by Gasteiger charge is 2.31. The van der Waals surface area contributed by atoms with Gasteiger partial charge in [0.25, 0.3) is 0 Å². The van der Waals surface area contributed by atoms with Crippen LogP contribution in [0, 0.1) is 11.8 Å². The molecule has 0 atom stereocenters. The molecule has 4 aromatic rings. The summed E-state index contributed by atoms with van der Waals surface area (Å²) in [4.78, 5) is 49.8. The Morgan fingerprint density at radius 1 is 0.726 bits per heavy atom. The van der Waals surface area contributed by atoms with Gasteiger partial charge < -0.3 is 40.4 Å². The van der Waals surface area contributed by atoms with Crippen molar-refractivity contribution < 1.29 is 33.4 Å². The number of carbonyl (C=O) groups excluding carboxylic acids is 4. The largest absolute Gasteiger partial charge is 0.493 e. The Kier molecular flexibility index (Phi) is 18.7. The van der Waals surface area contributed by atoms with Crippen molar-refractivity contribution in [3.63, 3.8) is 0 Å². The maximum Gasteiger partial charge on any atom is 0.321 e. The molecule has 9 rings (SSSR count). The van der Waals surface area contributed by atoms with Crippen LogP contribution in [0.5, 0.6) is 11.5 Å². The van der Waals surface area contributed by atoms with Crippen LogP contribution in [-0.2, 0) is 32.0 Å². The Morgan fingerprint density at radius 3 is 1.76 bits per heavy atom. The number of hydrogen-bond donors (Lipinski definition) is 4. The zero-order chi connectivity index (χ0) is 43.1. The summed E-state index contributed by atoms with van der Waals surface area (Å²) < 4.78 is 16.6. The highest BCUT2D eigenvalue weighted by atomic mass is 35.5. The summed E-state index contributed by atoms with van der Waals surface area (Å²) in [5.41, 5.74) is 5.12. The molecule has 4 N–H and O–H groups in total. The predicted molar refractivity (Wildman–Crippen MR) is 246 cm³/mol. The van der Waals surface area contributed by atoms with Crippen LogP contribution in [0.25, 0.3) is 0 Å². The molecule has 0 spiro atoms. The van der Waals surface area contributed by atoms with Crippen molar-refractivity contribution in [2.45, 2.75) is 46.0 Å². The molecule has 17 heteroatoms. The van der Waals surface area contributed by atoms with Gasteiger partial charge in [-0.3, -0.25) is 9.59 Å². The Morgan fingerprint density at radius 2 is 1.27 bits per heavy atom. The minimum Gasteiger partial charge on any atom is -0.493 e. The van der Waals surface area contributed by atoms with Gasteiger partial charge in [0, 0.05) is 81.1 Å². The normalized spacial score (nSPS) is 16.0. The molecule has 13 nitrogen and oxygen atoms in total. The summed E-state index contributed by atoms with van der Waals surface area (Å²) in [6.07, 6.45) is 6.57. The average Bonchev–Trinajstić information content (AvgIpc) is 3.81. The number of nitrogens with one attached hydrogen (secondary N) is 4. The number of likely N-dealkylation sites (tertiary alicyclic amines) is 1. The first kappa shape index (κ1) is 48.2. The third kappa shape index (κ3) is 14.6. The van der Waals surface area contributed by atoms with Crippen LogP contribution in [0.1, 0.15) is 44.2 Å². The van der Waals surface area contributed by atoms with Crippen LogP contribution in [0.4, 0.5) is 27.5 Å². The first-order chi connectivity index (χ1) is 29.5. The standard InChI is InChI=1S/C20H19Cl2N3O3.C13H16N2O2.C7H3Cl2NO.C4H8O.CH4/c21-16-4-2-14(8-17(16)22)23-20(27)25-9-12(10-25)11-28-15-3-5-18-13(7-15)1-6-19(26)24-18;16-13-4-1-10-5-11(2-3-12(10)15-13)17-8-9-6-14-7-9;8-6-2-1-5(10-4-11)3-7(6)9;1-2-4-5-3-1;/h2-5,7-8,12H,1,6,9-11H2,(H,23,27)(H,24,26);2-3,5,9,14H,1,4,6-8H2,(H,15,16);1-3H;1-4H2;1H4. The number of aryl methyl sites for hydroxylation is 2. The lowest BCUT2D eigenvalue weighted by Crippen LogP contribution is -2.53. The van der Waals surface area contributed by atoms with Crippen LogP contribution in [0.15, 0.2) is 77.8 Å². The van der Waals surface area contributed by atoms with E-state index >= 15 is 0 Å². The molecule has 5 aliphatic rings. The number of halogens is 4. The fourth-order valence-corrected chi connectivity index (χ4v) is 7.12. The number of amides is 4. The second-order valence-electron chi connectivity index (χ2n) is 14.8. The average molecular weight is 929 g/mol. The van der Waals surface area contributed by atoms with E-state index in [1.54, 1.807) is 35.2 Å². The summed E-state index contributed by atoms with van der Waals surface area (Å²) in [6, 6.07) is 21.1. The first-order valence-electron chi connectivity index (χ1n) is 20.0. The van der Waals surface area contributed by atoms with E-state index in [9.17, 15) is 19.2 Å². The summed E-state index contributed by atoms with van der Waals surface area (Å²) in [7, 11) is 0. The van der Waals surface area contributed by atoms with Crippen LogP contribution >= 0.6 is 46.4 Å². The van der Waals surface area contributed by atoms with Crippen molar-refractivity contribution in [2.24, 2.45) is 16.8 Å². The van der Waals surface area contributed by atoms with Crippen LogP contribution in [-0.4, -0.2) is 81.4 Å². The zero-order valence-corrected chi connectivity index (χ0v) is 36.3. The predicted octanol–water partition coefficient (Wildman–Crippen LogP) is 9.98. The van der Waals surface area contributed by atoms with E-state index in [2.05, 4.69) is 26.3 Å². The number of carbonyl (C=O) groups is 3. The molecule has 0 bridgehead atoms. The molecule has 0 unspecified atom stereocenters. The Bertz CT molecular complexity index is 2220. The number of urea groups is 1. The second kappa shape index (κ2) is 24.1.